The quantitative estimate of drug-likeness (QED) is 0.797. The van der Waals surface area contributed by atoms with Crippen LogP contribution in [0.2, 0.25) is 0 Å². The highest BCUT2D eigenvalue weighted by Gasteiger charge is 2.37. The van der Waals surface area contributed by atoms with Crippen molar-refractivity contribution in [3.05, 3.63) is 41.5 Å². The summed E-state index contributed by atoms with van der Waals surface area (Å²) in [6.07, 6.45) is 6.13. The van der Waals surface area contributed by atoms with Crippen molar-refractivity contribution in [3.63, 3.8) is 0 Å². The van der Waals surface area contributed by atoms with Gasteiger partial charge < -0.3 is 10.4 Å². The van der Waals surface area contributed by atoms with Crippen LogP contribution in [0, 0.1) is 6.92 Å². The zero-order chi connectivity index (χ0) is 13.0. The van der Waals surface area contributed by atoms with E-state index in [4.69, 9.17) is 0 Å². The van der Waals surface area contributed by atoms with Crippen LogP contribution in [0.3, 0.4) is 0 Å². The molecule has 18 heavy (non-hydrogen) atoms. The van der Waals surface area contributed by atoms with Crippen molar-refractivity contribution >= 4 is 12.0 Å². The number of amides is 1. The topological polar surface area (TPSA) is 49.3 Å². The van der Waals surface area contributed by atoms with Crippen LogP contribution in [0.5, 0.6) is 0 Å². The molecule has 1 saturated carbocycles. The Morgan fingerprint density at radius 3 is 2.56 bits per heavy atom. The molecule has 0 unspecified atom stereocenters. The number of carbonyl (C=O) groups excluding carboxylic acids is 1. The number of aliphatic hydroxyl groups is 1. The van der Waals surface area contributed by atoms with Gasteiger partial charge >= 0.3 is 0 Å². The number of aryl methyl sites for hydroxylation is 1. The lowest BCUT2D eigenvalue weighted by atomic mass is 9.77. The van der Waals surface area contributed by atoms with E-state index in [1.165, 1.54) is 11.6 Å². The van der Waals surface area contributed by atoms with Crippen LogP contribution < -0.4 is 5.32 Å². The van der Waals surface area contributed by atoms with Crippen LogP contribution in [-0.4, -0.2) is 23.2 Å². The Bertz CT molecular complexity index is 439. The summed E-state index contributed by atoms with van der Waals surface area (Å²) >= 11 is 0. The molecular weight excluding hydrogens is 226 g/mol. The first-order valence-corrected chi connectivity index (χ1v) is 6.31. The van der Waals surface area contributed by atoms with Gasteiger partial charge in [-0.25, -0.2) is 0 Å². The van der Waals surface area contributed by atoms with E-state index in [1.807, 2.05) is 31.2 Å². The molecule has 0 aromatic heterocycles. The second kappa shape index (κ2) is 5.36. The lowest BCUT2D eigenvalue weighted by Gasteiger charge is -2.40. The van der Waals surface area contributed by atoms with Gasteiger partial charge in [-0.1, -0.05) is 29.8 Å². The molecule has 0 spiro atoms. The zero-order valence-electron chi connectivity index (χ0n) is 10.6. The van der Waals surface area contributed by atoms with Crippen molar-refractivity contribution in [2.75, 3.05) is 6.61 Å². The van der Waals surface area contributed by atoms with Crippen LogP contribution in [-0.2, 0) is 4.79 Å². The Kier molecular flexibility index (Phi) is 3.82. The van der Waals surface area contributed by atoms with Gasteiger partial charge in [0.15, 0.2) is 0 Å². The van der Waals surface area contributed by atoms with Crippen LogP contribution in [0.15, 0.2) is 30.3 Å². The maximum Gasteiger partial charge on any atom is 0.244 e. The van der Waals surface area contributed by atoms with E-state index in [-0.39, 0.29) is 18.1 Å². The first kappa shape index (κ1) is 12.8. The number of benzene rings is 1. The van der Waals surface area contributed by atoms with Crippen molar-refractivity contribution < 1.29 is 9.90 Å². The fourth-order valence-electron chi connectivity index (χ4n) is 2.08. The number of rotatable bonds is 4. The van der Waals surface area contributed by atoms with Gasteiger partial charge in [0, 0.05) is 6.08 Å². The Morgan fingerprint density at radius 1 is 1.39 bits per heavy atom. The van der Waals surface area contributed by atoms with Gasteiger partial charge in [-0.05, 0) is 37.8 Å². The highest BCUT2D eigenvalue weighted by molar-refractivity contribution is 5.92. The highest BCUT2D eigenvalue weighted by Crippen LogP contribution is 2.31. The summed E-state index contributed by atoms with van der Waals surface area (Å²) in [5, 5.41) is 12.1. The Balaban J connectivity index is 1.92. The van der Waals surface area contributed by atoms with E-state index in [2.05, 4.69) is 5.32 Å². The molecule has 3 nitrogen and oxygen atoms in total. The molecule has 0 atom stereocenters. The van der Waals surface area contributed by atoms with Crippen molar-refractivity contribution in [2.24, 2.45) is 0 Å². The smallest absolute Gasteiger partial charge is 0.244 e. The molecule has 0 radical (unpaired) electrons. The monoisotopic (exact) mass is 245 g/mol. The van der Waals surface area contributed by atoms with E-state index in [0.29, 0.717) is 0 Å². The van der Waals surface area contributed by atoms with Crippen LogP contribution in [0.25, 0.3) is 6.08 Å². The molecule has 3 heteroatoms. The molecule has 0 heterocycles. The lowest BCUT2D eigenvalue weighted by Crippen LogP contribution is -2.55. The fraction of sp³-hybridized carbons (Fsp3) is 0.400. The van der Waals surface area contributed by atoms with Gasteiger partial charge in [0.05, 0.1) is 12.1 Å². The molecule has 1 fully saturated rings. The van der Waals surface area contributed by atoms with E-state index in [1.54, 1.807) is 6.08 Å². The molecular formula is C15H19NO2. The second-order valence-electron chi connectivity index (χ2n) is 5.03. The second-order valence-corrected chi connectivity index (χ2v) is 5.03. The first-order valence-electron chi connectivity index (χ1n) is 6.31. The van der Waals surface area contributed by atoms with Crippen LogP contribution in [0.4, 0.5) is 0 Å². The summed E-state index contributed by atoms with van der Waals surface area (Å²) in [6, 6.07) is 7.98. The summed E-state index contributed by atoms with van der Waals surface area (Å²) in [6.45, 7) is 2.05. The SMILES string of the molecule is Cc1ccc(/C=C/C(=O)NC2(CO)CCC2)cc1. The summed E-state index contributed by atoms with van der Waals surface area (Å²) in [4.78, 5) is 11.7. The van der Waals surface area contributed by atoms with Gasteiger partial charge in [-0.15, -0.1) is 0 Å². The maximum atomic E-state index is 11.7. The van der Waals surface area contributed by atoms with E-state index >= 15 is 0 Å². The van der Waals surface area contributed by atoms with Crippen molar-refractivity contribution in [1.82, 2.24) is 5.32 Å². The van der Waals surface area contributed by atoms with Gasteiger partial charge in [0.25, 0.3) is 0 Å². The predicted molar refractivity (Wildman–Crippen MR) is 72.0 cm³/mol. The Hall–Kier alpha value is -1.61. The molecule has 2 N–H and O–H groups in total. The molecule has 1 amide bonds. The molecule has 1 aromatic carbocycles. The molecule has 2 rings (SSSR count). The van der Waals surface area contributed by atoms with Crippen LogP contribution in [0.1, 0.15) is 30.4 Å². The third kappa shape index (κ3) is 2.99. The molecule has 1 aromatic rings. The van der Waals surface area contributed by atoms with Gasteiger partial charge in [-0.3, -0.25) is 4.79 Å². The third-order valence-electron chi connectivity index (χ3n) is 3.51. The standard InChI is InChI=1S/C15H19NO2/c1-12-3-5-13(6-4-12)7-8-14(18)16-15(11-17)9-2-10-15/h3-8,17H,2,9-11H2,1H3,(H,16,18)/b8-7+. The number of nitrogens with one attached hydrogen (secondary N) is 1. The molecule has 96 valence electrons. The first-order chi connectivity index (χ1) is 8.63. The Labute approximate surface area is 108 Å². The third-order valence-corrected chi connectivity index (χ3v) is 3.51. The number of aliphatic hydroxyl groups excluding tert-OH is 1. The lowest BCUT2D eigenvalue weighted by molar-refractivity contribution is -0.120. The number of hydrogen-bond acceptors (Lipinski definition) is 2. The highest BCUT2D eigenvalue weighted by atomic mass is 16.3. The van der Waals surface area contributed by atoms with Gasteiger partial charge in [0.2, 0.25) is 5.91 Å². The summed E-state index contributed by atoms with van der Waals surface area (Å²) in [5.74, 6) is -0.135. The van der Waals surface area contributed by atoms with Crippen molar-refractivity contribution in [1.29, 1.82) is 0 Å². The largest absolute Gasteiger partial charge is 0.394 e. The summed E-state index contributed by atoms with van der Waals surface area (Å²) in [5.41, 5.74) is 1.84. The van der Waals surface area contributed by atoms with Crippen LogP contribution >= 0.6 is 0 Å². The molecule has 0 saturated heterocycles. The average Bonchev–Trinajstić information content (AvgIpc) is 2.33. The average molecular weight is 245 g/mol. The fourth-order valence-corrected chi connectivity index (χ4v) is 2.08. The number of carbonyl (C=O) groups is 1. The zero-order valence-corrected chi connectivity index (χ0v) is 10.6. The van der Waals surface area contributed by atoms with Gasteiger partial charge in [-0.2, -0.15) is 0 Å². The minimum atomic E-state index is -0.366. The van der Waals surface area contributed by atoms with E-state index in [9.17, 15) is 9.90 Å². The molecule has 0 aliphatic heterocycles. The maximum absolute atomic E-state index is 11.7. The Morgan fingerprint density at radius 2 is 2.06 bits per heavy atom. The van der Waals surface area contributed by atoms with Gasteiger partial charge in [0.1, 0.15) is 0 Å². The minimum absolute atomic E-state index is 0.0249. The van der Waals surface area contributed by atoms with Crippen molar-refractivity contribution in [3.8, 4) is 0 Å². The normalized spacial score (nSPS) is 17.4. The molecule has 0 bridgehead atoms. The summed E-state index contributed by atoms with van der Waals surface area (Å²) < 4.78 is 0. The minimum Gasteiger partial charge on any atom is -0.394 e. The van der Waals surface area contributed by atoms with E-state index in [0.717, 1.165) is 24.8 Å². The summed E-state index contributed by atoms with van der Waals surface area (Å²) in [7, 11) is 0. The molecule has 1 aliphatic rings. The molecule has 1 aliphatic carbocycles. The van der Waals surface area contributed by atoms with Crippen molar-refractivity contribution in [2.45, 2.75) is 31.7 Å². The number of hydrogen-bond donors (Lipinski definition) is 2. The predicted octanol–water partition coefficient (Wildman–Crippen LogP) is 2.04. The van der Waals surface area contributed by atoms with E-state index < -0.39 is 0 Å².